The number of hydrogen-bond acceptors (Lipinski definition) is 5. The molecular formula is C13H16FN5S. The predicted octanol–water partition coefficient (Wildman–Crippen LogP) is 2.65. The van der Waals surface area contributed by atoms with Crippen molar-refractivity contribution in [1.82, 2.24) is 24.7 Å². The van der Waals surface area contributed by atoms with Crippen LogP contribution in [0.4, 0.5) is 4.39 Å². The molecule has 20 heavy (non-hydrogen) atoms. The van der Waals surface area contributed by atoms with Crippen LogP contribution < -0.4 is 0 Å². The lowest BCUT2D eigenvalue weighted by Gasteiger charge is -2.07. The van der Waals surface area contributed by atoms with Gasteiger partial charge in [-0.3, -0.25) is 0 Å². The van der Waals surface area contributed by atoms with E-state index in [0.29, 0.717) is 17.1 Å². The highest BCUT2D eigenvalue weighted by molar-refractivity contribution is 7.99. The minimum Gasteiger partial charge on any atom is -0.306 e. The zero-order valence-electron chi connectivity index (χ0n) is 11.3. The second-order valence-corrected chi connectivity index (χ2v) is 5.71. The average Bonchev–Trinajstić information content (AvgIpc) is 2.70. The van der Waals surface area contributed by atoms with Crippen LogP contribution in [0, 0.1) is 5.82 Å². The summed E-state index contributed by atoms with van der Waals surface area (Å²) in [6.45, 7) is 2.78. The van der Waals surface area contributed by atoms with E-state index in [4.69, 9.17) is 0 Å². The van der Waals surface area contributed by atoms with Gasteiger partial charge in [0.25, 0.3) is 0 Å². The third-order valence-electron chi connectivity index (χ3n) is 3.43. The molecule has 7 heteroatoms. The van der Waals surface area contributed by atoms with Crippen LogP contribution in [0.3, 0.4) is 0 Å². The van der Waals surface area contributed by atoms with Gasteiger partial charge in [0.2, 0.25) is 0 Å². The van der Waals surface area contributed by atoms with Gasteiger partial charge >= 0.3 is 0 Å². The normalized spacial score (nSPS) is 14.9. The van der Waals surface area contributed by atoms with Gasteiger partial charge in [0.05, 0.1) is 5.69 Å². The van der Waals surface area contributed by atoms with Gasteiger partial charge < -0.3 is 4.57 Å². The first-order chi connectivity index (χ1) is 9.79. The smallest absolute Gasteiger partial charge is 0.197 e. The number of nitrogens with zero attached hydrogens (tertiary/aromatic N) is 5. The largest absolute Gasteiger partial charge is 0.306 e. The first kappa shape index (κ1) is 13.5. The minimum atomic E-state index is -0.342. The van der Waals surface area contributed by atoms with Crippen LogP contribution in [-0.2, 0) is 19.4 Å². The summed E-state index contributed by atoms with van der Waals surface area (Å²) in [5.74, 6) is 0.654. The highest BCUT2D eigenvalue weighted by Gasteiger charge is 2.18. The maximum absolute atomic E-state index is 14.2. The Morgan fingerprint density at radius 1 is 1.25 bits per heavy atom. The molecule has 2 aromatic rings. The van der Waals surface area contributed by atoms with Gasteiger partial charge in [-0.2, -0.15) is 0 Å². The van der Waals surface area contributed by atoms with E-state index >= 15 is 0 Å². The van der Waals surface area contributed by atoms with Crippen molar-refractivity contribution < 1.29 is 4.39 Å². The van der Waals surface area contributed by atoms with Crippen LogP contribution in [0.2, 0.25) is 0 Å². The molecule has 0 aromatic carbocycles. The monoisotopic (exact) mass is 293 g/mol. The van der Waals surface area contributed by atoms with E-state index in [1.807, 2.05) is 6.92 Å². The third-order valence-corrected chi connectivity index (χ3v) is 4.39. The SMILES string of the molecule is CCc1ncnc(Sc2nnc3n2CCCCC3)c1F. The molecular weight excluding hydrogens is 277 g/mol. The minimum absolute atomic E-state index is 0.330. The molecule has 2 aromatic heterocycles. The molecule has 0 fully saturated rings. The van der Waals surface area contributed by atoms with Gasteiger partial charge in [-0.15, -0.1) is 10.2 Å². The van der Waals surface area contributed by atoms with E-state index in [0.717, 1.165) is 36.8 Å². The molecule has 0 unspecified atom stereocenters. The van der Waals surface area contributed by atoms with E-state index in [1.54, 1.807) is 0 Å². The fourth-order valence-corrected chi connectivity index (χ4v) is 3.19. The lowest BCUT2D eigenvalue weighted by Crippen LogP contribution is -2.03. The summed E-state index contributed by atoms with van der Waals surface area (Å²) in [4.78, 5) is 7.98. The van der Waals surface area contributed by atoms with Gasteiger partial charge in [0.15, 0.2) is 11.0 Å². The molecule has 1 aliphatic heterocycles. The zero-order valence-corrected chi connectivity index (χ0v) is 12.2. The zero-order chi connectivity index (χ0) is 13.9. The van der Waals surface area contributed by atoms with E-state index in [-0.39, 0.29) is 5.82 Å². The second-order valence-electron chi connectivity index (χ2n) is 4.76. The van der Waals surface area contributed by atoms with E-state index in [1.165, 1.54) is 24.5 Å². The molecule has 0 aliphatic carbocycles. The fourth-order valence-electron chi connectivity index (χ4n) is 2.33. The molecule has 0 amide bonds. The third kappa shape index (κ3) is 2.54. The summed E-state index contributed by atoms with van der Waals surface area (Å²) >= 11 is 1.24. The van der Waals surface area contributed by atoms with Gasteiger partial charge in [0, 0.05) is 13.0 Å². The van der Waals surface area contributed by atoms with E-state index in [2.05, 4.69) is 24.7 Å². The van der Waals surface area contributed by atoms with Crippen LogP contribution in [-0.4, -0.2) is 24.7 Å². The van der Waals surface area contributed by atoms with Crippen molar-refractivity contribution in [2.24, 2.45) is 0 Å². The number of fused-ring (bicyclic) bond motifs is 1. The number of halogens is 1. The van der Waals surface area contributed by atoms with Crippen LogP contribution in [0.1, 0.15) is 37.7 Å². The average molecular weight is 293 g/mol. The maximum Gasteiger partial charge on any atom is 0.197 e. The summed E-state index contributed by atoms with van der Waals surface area (Å²) in [5.41, 5.74) is 0.443. The molecule has 0 saturated carbocycles. The molecule has 3 heterocycles. The molecule has 0 radical (unpaired) electrons. The van der Waals surface area contributed by atoms with Crippen molar-refractivity contribution in [3.63, 3.8) is 0 Å². The Balaban J connectivity index is 1.90. The van der Waals surface area contributed by atoms with Crippen molar-refractivity contribution in [2.45, 2.75) is 55.8 Å². The van der Waals surface area contributed by atoms with Gasteiger partial charge in [-0.25, -0.2) is 14.4 Å². The summed E-state index contributed by atoms with van der Waals surface area (Å²) in [6.07, 6.45) is 6.37. The van der Waals surface area contributed by atoms with Crippen LogP contribution in [0.15, 0.2) is 16.5 Å². The highest BCUT2D eigenvalue weighted by Crippen LogP contribution is 2.29. The summed E-state index contributed by atoms with van der Waals surface area (Å²) < 4.78 is 16.3. The Hall–Kier alpha value is -1.50. The Bertz CT molecular complexity index is 613. The quantitative estimate of drug-likeness (QED) is 0.814. The highest BCUT2D eigenvalue weighted by atomic mass is 32.2. The maximum atomic E-state index is 14.2. The van der Waals surface area contributed by atoms with Gasteiger partial charge in [-0.05, 0) is 31.0 Å². The number of rotatable bonds is 3. The molecule has 0 spiro atoms. The van der Waals surface area contributed by atoms with Crippen molar-refractivity contribution in [1.29, 1.82) is 0 Å². The summed E-state index contributed by atoms with van der Waals surface area (Å²) in [7, 11) is 0. The lowest BCUT2D eigenvalue weighted by atomic mass is 10.2. The lowest BCUT2D eigenvalue weighted by molar-refractivity contribution is 0.556. The van der Waals surface area contributed by atoms with Crippen molar-refractivity contribution in [2.75, 3.05) is 0 Å². The Morgan fingerprint density at radius 3 is 3.00 bits per heavy atom. The predicted molar refractivity (Wildman–Crippen MR) is 73.1 cm³/mol. The molecule has 0 bridgehead atoms. The number of hydrogen-bond donors (Lipinski definition) is 0. The van der Waals surface area contributed by atoms with Crippen LogP contribution in [0.5, 0.6) is 0 Å². The molecule has 0 atom stereocenters. The topological polar surface area (TPSA) is 56.5 Å². The number of aromatic nitrogens is 5. The van der Waals surface area contributed by atoms with E-state index in [9.17, 15) is 4.39 Å². The molecule has 1 aliphatic rings. The van der Waals surface area contributed by atoms with Crippen LogP contribution >= 0.6 is 11.8 Å². The molecule has 5 nitrogen and oxygen atoms in total. The standard InChI is InChI=1S/C13H16FN5S/c1-2-9-11(14)12(16-8-15-9)20-13-18-17-10-6-4-3-5-7-19(10)13/h8H,2-7H2,1H3. The first-order valence-corrected chi connectivity index (χ1v) is 7.70. The van der Waals surface area contributed by atoms with Crippen molar-refractivity contribution in [3.05, 3.63) is 23.7 Å². The van der Waals surface area contributed by atoms with Gasteiger partial charge in [0.1, 0.15) is 17.2 Å². The van der Waals surface area contributed by atoms with E-state index < -0.39 is 0 Å². The first-order valence-electron chi connectivity index (χ1n) is 6.89. The summed E-state index contributed by atoms with van der Waals surface area (Å²) in [5, 5.41) is 9.45. The van der Waals surface area contributed by atoms with Gasteiger partial charge in [-0.1, -0.05) is 13.3 Å². The second kappa shape index (κ2) is 5.87. The molecule has 0 N–H and O–H groups in total. The molecule has 106 valence electrons. The molecule has 3 rings (SSSR count). The Morgan fingerprint density at radius 2 is 2.15 bits per heavy atom. The number of aryl methyl sites for hydroxylation is 2. The van der Waals surface area contributed by atoms with Crippen molar-refractivity contribution >= 4 is 11.8 Å². The van der Waals surface area contributed by atoms with Crippen molar-refractivity contribution in [3.8, 4) is 0 Å². The summed E-state index contributed by atoms with van der Waals surface area (Å²) in [6, 6.07) is 0. The van der Waals surface area contributed by atoms with Crippen LogP contribution in [0.25, 0.3) is 0 Å². The fraction of sp³-hybridized carbons (Fsp3) is 0.538. The Kier molecular flexibility index (Phi) is 3.95. The Labute approximate surface area is 121 Å². The molecule has 0 saturated heterocycles.